The molecule has 3 rings (SSSR count). The number of halogens is 2. The molecule has 6 heteroatoms. The van der Waals surface area contributed by atoms with Gasteiger partial charge in [0.05, 0.1) is 13.1 Å². The normalized spacial score (nSPS) is 14.8. The Hall–Kier alpha value is -1.46. The van der Waals surface area contributed by atoms with Crippen LogP contribution >= 0.6 is 11.6 Å². The summed E-state index contributed by atoms with van der Waals surface area (Å²) in [5, 5.41) is 7.99. The highest BCUT2D eigenvalue weighted by Gasteiger charge is 2.21. The third-order valence-electron chi connectivity index (χ3n) is 3.16. The van der Waals surface area contributed by atoms with Gasteiger partial charge in [-0.05, 0) is 30.5 Å². The maximum atomic E-state index is 13.0. The van der Waals surface area contributed by atoms with Gasteiger partial charge >= 0.3 is 0 Å². The van der Waals surface area contributed by atoms with E-state index in [9.17, 15) is 4.39 Å². The van der Waals surface area contributed by atoms with E-state index in [1.807, 2.05) is 0 Å². The van der Waals surface area contributed by atoms with E-state index in [2.05, 4.69) is 15.4 Å². The fourth-order valence-corrected chi connectivity index (χ4v) is 2.12. The molecule has 1 aromatic carbocycles. The van der Waals surface area contributed by atoms with Crippen LogP contribution in [0.5, 0.6) is 0 Å². The van der Waals surface area contributed by atoms with Crippen LogP contribution < -0.4 is 5.32 Å². The van der Waals surface area contributed by atoms with Crippen LogP contribution in [0.3, 0.4) is 0 Å². The molecule has 4 nitrogen and oxygen atoms in total. The van der Waals surface area contributed by atoms with Crippen LogP contribution in [0.1, 0.15) is 24.2 Å². The molecule has 0 amide bonds. The molecular weight excluding hydrogens is 267 g/mol. The van der Waals surface area contributed by atoms with Crippen LogP contribution in [-0.2, 0) is 13.1 Å². The molecule has 100 valence electrons. The molecule has 0 radical (unpaired) electrons. The summed E-state index contributed by atoms with van der Waals surface area (Å²) in [5.41, 5.74) is 0.834. The van der Waals surface area contributed by atoms with Crippen LogP contribution in [0.4, 0.5) is 4.39 Å². The van der Waals surface area contributed by atoms with Gasteiger partial charge in [0.15, 0.2) is 0 Å². The summed E-state index contributed by atoms with van der Waals surface area (Å²) in [6.45, 7) is 1.20. The maximum absolute atomic E-state index is 13.0. The lowest BCUT2D eigenvalue weighted by atomic mass is 10.2. The maximum Gasteiger partial charge on any atom is 0.141 e. The molecule has 0 unspecified atom stereocenters. The number of nitrogens with zero attached hydrogens (tertiary/aromatic N) is 3. The Morgan fingerprint density at radius 2 is 2.26 bits per heavy atom. The fourth-order valence-electron chi connectivity index (χ4n) is 1.89. The molecule has 1 N–H and O–H groups in total. The van der Waals surface area contributed by atoms with Crippen molar-refractivity contribution in [1.82, 2.24) is 20.1 Å². The van der Waals surface area contributed by atoms with Crippen LogP contribution in [0.2, 0.25) is 5.02 Å². The molecule has 1 heterocycles. The minimum absolute atomic E-state index is 0.331. The van der Waals surface area contributed by atoms with Crippen LogP contribution in [0.15, 0.2) is 24.5 Å². The van der Waals surface area contributed by atoms with E-state index in [0.717, 1.165) is 11.4 Å². The highest BCUT2D eigenvalue weighted by molar-refractivity contribution is 6.31. The lowest BCUT2D eigenvalue weighted by Gasteiger charge is -2.08. The molecule has 2 aromatic rings. The van der Waals surface area contributed by atoms with Gasteiger partial charge in [-0.2, -0.15) is 5.10 Å². The molecule has 0 saturated heterocycles. The largest absolute Gasteiger partial charge is 0.307 e. The van der Waals surface area contributed by atoms with E-state index in [-0.39, 0.29) is 5.82 Å². The van der Waals surface area contributed by atoms with Gasteiger partial charge in [0, 0.05) is 11.1 Å². The molecule has 1 fully saturated rings. The monoisotopic (exact) mass is 280 g/mol. The van der Waals surface area contributed by atoms with Crippen molar-refractivity contribution in [3.8, 4) is 0 Å². The molecule has 1 saturated carbocycles. The van der Waals surface area contributed by atoms with Gasteiger partial charge in [-0.25, -0.2) is 14.1 Å². The van der Waals surface area contributed by atoms with Gasteiger partial charge in [0.2, 0.25) is 0 Å². The quantitative estimate of drug-likeness (QED) is 0.914. The van der Waals surface area contributed by atoms with Crippen molar-refractivity contribution in [2.45, 2.75) is 32.0 Å². The van der Waals surface area contributed by atoms with Gasteiger partial charge < -0.3 is 5.32 Å². The minimum atomic E-state index is -0.331. The predicted molar refractivity (Wildman–Crippen MR) is 70.4 cm³/mol. The molecule has 0 atom stereocenters. The lowest BCUT2D eigenvalue weighted by molar-refractivity contribution is 0.581. The van der Waals surface area contributed by atoms with Crippen molar-refractivity contribution in [2.75, 3.05) is 0 Å². The van der Waals surface area contributed by atoms with Gasteiger partial charge in [0.1, 0.15) is 18.0 Å². The summed E-state index contributed by atoms with van der Waals surface area (Å²) in [6.07, 6.45) is 4.00. The minimum Gasteiger partial charge on any atom is -0.307 e. The van der Waals surface area contributed by atoms with Crippen LogP contribution in [0, 0.1) is 5.82 Å². The average Bonchev–Trinajstić information content (AvgIpc) is 3.11. The Bertz CT molecular complexity index is 580. The second-order valence-electron chi connectivity index (χ2n) is 4.72. The SMILES string of the molecule is Fc1ccc(Cn2ncnc2CNC2CC2)c(Cl)c1. The molecule has 1 aliphatic rings. The Morgan fingerprint density at radius 1 is 1.42 bits per heavy atom. The number of hydrogen-bond donors (Lipinski definition) is 1. The summed E-state index contributed by atoms with van der Waals surface area (Å²) in [6, 6.07) is 5.02. The number of rotatable bonds is 5. The van der Waals surface area contributed by atoms with Gasteiger partial charge in [-0.1, -0.05) is 17.7 Å². The fraction of sp³-hybridized carbons (Fsp3) is 0.385. The van der Waals surface area contributed by atoms with E-state index in [4.69, 9.17) is 11.6 Å². The van der Waals surface area contributed by atoms with E-state index in [1.165, 1.54) is 31.3 Å². The second kappa shape index (κ2) is 5.27. The van der Waals surface area contributed by atoms with Crippen molar-refractivity contribution >= 4 is 11.6 Å². The Balaban J connectivity index is 1.73. The summed E-state index contributed by atoms with van der Waals surface area (Å²) < 4.78 is 14.8. The molecular formula is C13H14ClFN4. The molecule has 19 heavy (non-hydrogen) atoms. The van der Waals surface area contributed by atoms with E-state index < -0.39 is 0 Å². The molecule has 1 aromatic heterocycles. The molecule has 0 aliphatic heterocycles. The van der Waals surface area contributed by atoms with Crippen molar-refractivity contribution in [3.63, 3.8) is 0 Å². The standard InChI is InChI=1S/C13H14ClFN4/c14-12-5-10(15)2-1-9(12)7-19-13(17-8-18-19)6-16-11-3-4-11/h1-2,5,8,11,16H,3-4,6-7H2. The Labute approximate surface area is 115 Å². The summed E-state index contributed by atoms with van der Waals surface area (Å²) in [5.74, 6) is 0.537. The highest BCUT2D eigenvalue weighted by Crippen LogP contribution is 2.20. The number of benzene rings is 1. The van der Waals surface area contributed by atoms with Crippen LogP contribution in [0.25, 0.3) is 0 Å². The van der Waals surface area contributed by atoms with Crippen molar-refractivity contribution in [3.05, 3.63) is 46.8 Å². The third kappa shape index (κ3) is 3.11. The first-order chi connectivity index (χ1) is 9.22. The molecule has 1 aliphatic carbocycles. The molecule has 0 bridgehead atoms. The number of aromatic nitrogens is 3. The topological polar surface area (TPSA) is 42.7 Å². The van der Waals surface area contributed by atoms with Gasteiger partial charge in [-0.15, -0.1) is 0 Å². The number of hydrogen-bond acceptors (Lipinski definition) is 3. The summed E-state index contributed by atoms with van der Waals surface area (Å²) in [7, 11) is 0. The second-order valence-corrected chi connectivity index (χ2v) is 5.13. The zero-order valence-corrected chi connectivity index (χ0v) is 11.1. The lowest BCUT2D eigenvalue weighted by Crippen LogP contribution is -2.19. The van der Waals surface area contributed by atoms with E-state index in [0.29, 0.717) is 24.2 Å². The first-order valence-electron chi connectivity index (χ1n) is 6.26. The first kappa shape index (κ1) is 12.6. The van der Waals surface area contributed by atoms with Gasteiger partial charge in [-0.3, -0.25) is 0 Å². The summed E-state index contributed by atoms with van der Waals surface area (Å²) >= 11 is 6.02. The van der Waals surface area contributed by atoms with E-state index in [1.54, 1.807) is 10.7 Å². The third-order valence-corrected chi connectivity index (χ3v) is 3.51. The highest BCUT2D eigenvalue weighted by atomic mass is 35.5. The van der Waals surface area contributed by atoms with Crippen LogP contribution in [-0.4, -0.2) is 20.8 Å². The van der Waals surface area contributed by atoms with Gasteiger partial charge in [0.25, 0.3) is 0 Å². The van der Waals surface area contributed by atoms with Crippen molar-refractivity contribution in [1.29, 1.82) is 0 Å². The van der Waals surface area contributed by atoms with Crippen molar-refractivity contribution < 1.29 is 4.39 Å². The number of nitrogens with one attached hydrogen (secondary N) is 1. The zero-order chi connectivity index (χ0) is 13.2. The Morgan fingerprint density at radius 3 is 3.00 bits per heavy atom. The first-order valence-corrected chi connectivity index (χ1v) is 6.64. The van der Waals surface area contributed by atoms with E-state index >= 15 is 0 Å². The zero-order valence-electron chi connectivity index (χ0n) is 10.3. The average molecular weight is 281 g/mol. The molecule has 0 spiro atoms. The smallest absolute Gasteiger partial charge is 0.141 e. The predicted octanol–water partition coefficient (Wildman–Crippen LogP) is 2.37. The van der Waals surface area contributed by atoms with Crippen molar-refractivity contribution in [2.24, 2.45) is 0 Å². The Kier molecular flexibility index (Phi) is 3.48. The summed E-state index contributed by atoms with van der Waals surface area (Å²) in [4.78, 5) is 4.23.